The molecule has 2 aromatic rings. The van der Waals surface area contributed by atoms with Crippen molar-refractivity contribution in [1.29, 1.82) is 0 Å². The maximum atomic E-state index is 6.29. The van der Waals surface area contributed by atoms with Gasteiger partial charge in [-0.3, -0.25) is 0 Å². The summed E-state index contributed by atoms with van der Waals surface area (Å²) in [5, 5.41) is -0.0786. The predicted octanol–water partition coefficient (Wildman–Crippen LogP) is 4.46. The number of imidazole rings is 1. The minimum Gasteiger partial charge on any atom is -0.381 e. The summed E-state index contributed by atoms with van der Waals surface area (Å²) in [6, 6.07) is 6.37. The van der Waals surface area contributed by atoms with Gasteiger partial charge in [0.1, 0.15) is 5.82 Å². The molecule has 1 saturated carbocycles. The maximum Gasteiger partial charge on any atom is 0.127 e. The number of alkyl halides is 1. The first kappa shape index (κ1) is 14.9. The summed E-state index contributed by atoms with van der Waals surface area (Å²) in [5.41, 5.74) is 3.46. The molecule has 0 amide bonds. The van der Waals surface area contributed by atoms with Crippen molar-refractivity contribution >= 4 is 22.6 Å². The highest BCUT2D eigenvalue weighted by Gasteiger charge is 2.21. The summed E-state index contributed by atoms with van der Waals surface area (Å²) >= 11 is 6.29. The van der Waals surface area contributed by atoms with Gasteiger partial charge in [-0.1, -0.05) is 6.07 Å². The van der Waals surface area contributed by atoms with Gasteiger partial charge in [0.2, 0.25) is 0 Å². The SMILES string of the molecule is Cc1ccc2nc(C(C)Cl)n(CCCOCC3CC3)c2c1. The molecule has 3 nitrogen and oxygen atoms in total. The molecular formula is C17H23ClN2O. The second-order valence-electron chi connectivity index (χ2n) is 6.10. The Labute approximate surface area is 131 Å². The third-order valence-corrected chi connectivity index (χ3v) is 4.21. The van der Waals surface area contributed by atoms with Gasteiger partial charge in [-0.05, 0) is 56.7 Å². The van der Waals surface area contributed by atoms with Crippen molar-refractivity contribution in [3.8, 4) is 0 Å². The lowest BCUT2D eigenvalue weighted by molar-refractivity contribution is 0.119. The van der Waals surface area contributed by atoms with Gasteiger partial charge < -0.3 is 9.30 Å². The molecule has 4 heteroatoms. The van der Waals surface area contributed by atoms with E-state index in [1.54, 1.807) is 0 Å². The van der Waals surface area contributed by atoms with Crippen LogP contribution in [0.4, 0.5) is 0 Å². The van der Waals surface area contributed by atoms with Crippen molar-refractivity contribution in [3.05, 3.63) is 29.6 Å². The Morgan fingerprint density at radius 3 is 2.95 bits per heavy atom. The normalized spacial score (nSPS) is 16.5. The number of aromatic nitrogens is 2. The zero-order valence-electron chi connectivity index (χ0n) is 12.8. The molecule has 3 rings (SSSR count). The van der Waals surface area contributed by atoms with Gasteiger partial charge in [-0.15, -0.1) is 11.6 Å². The highest BCUT2D eigenvalue weighted by Crippen LogP contribution is 2.29. The molecular weight excluding hydrogens is 284 g/mol. The number of rotatable bonds is 7. The third-order valence-electron chi connectivity index (χ3n) is 4.01. The molecule has 1 aromatic heterocycles. The zero-order chi connectivity index (χ0) is 14.8. The largest absolute Gasteiger partial charge is 0.381 e. The molecule has 114 valence electrons. The van der Waals surface area contributed by atoms with E-state index >= 15 is 0 Å². The lowest BCUT2D eigenvalue weighted by Gasteiger charge is -2.11. The molecule has 1 atom stereocenters. The van der Waals surface area contributed by atoms with Gasteiger partial charge in [0, 0.05) is 19.8 Å². The van der Waals surface area contributed by atoms with Crippen LogP contribution in [-0.4, -0.2) is 22.8 Å². The van der Waals surface area contributed by atoms with Crippen LogP contribution in [0.5, 0.6) is 0 Å². The molecule has 0 aliphatic heterocycles. The van der Waals surface area contributed by atoms with E-state index in [1.165, 1.54) is 23.9 Å². The van der Waals surface area contributed by atoms with E-state index in [2.05, 4.69) is 34.7 Å². The number of fused-ring (bicyclic) bond motifs is 1. The summed E-state index contributed by atoms with van der Waals surface area (Å²) in [4.78, 5) is 4.68. The molecule has 0 radical (unpaired) electrons. The molecule has 1 aromatic carbocycles. The van der Waals surface area contributed by atoms with Crippen LogP contribution >= 0.6 is 11.6 Å². The van der Waals surface area contributed by atoms with Crippen LogP contribution < -0.4 is 0 Å². The molecule has 0 bridgehead atoms. The van der Waals surface area contributed by atoms with Crippen molar-refractivity contribution in [2.45, 2.75) is 45.0 Å². The molecule has 1 fully saturated rings. The first-order chi connectivity index (χ1) is 10.1. The van der Waals surface area contributed by atoms with Crippen molar-refractivity contribution in [1.82, 2.24) is 9.55 Å². The number of hydrogen-bond donors (Lipinski definition) is 0. The molecule has 0 spiro atoms. The van der Waals surface area contributed by atoms with Gasteiger partial charge >= 0.3 is 0 Å². The zero-order valence-corrected chi connectivity index (χ0v) is 13.6. The molecule has 21 heavy (non-hydrogen) atoms. The summed E-state index contributed by atoms with van der Waals surface area (Å²) in [6.07, 6.45) is 3.70. The van der Waals surface area contributed by atoms with E-state index in [9.17, 15) is 0 Å². The van der Waals surface area contributed by atoms with Gasteiger partial charge in [-0.2, -0.15) is 0 Å². The van der Waals surface area contributed by atoms with Crippen LogP contribution in [0.15, 0.2) is 18.2 Å². The van der Waals surface area contributed by atoms with Gasteiger partial charge in [0.25, 0.3) is 0 Å². The monoisotopic (exact) mass is 306 g/mol. The van der Waals surface area contributed by atoms with E-state index in [4.69, 9.17) is 16.3 Å². The molecule has 1 unspecified atom stereocenters. The van der Waals surface area contributed by atoms with E-state index in [0.29, 0.717) is 0 Å². The Balaban J connectivity index is 1.71. The topological polar surface area (TPSA) is 27.1 Å². The average molecular weight is 307 g/mol. The maximum absolute atomic E-state index is 6.29. The van der Waals surface area contributed by atoms with E-state index in [-0.39, 0.29) is 5.38 Å². The van der Waals surface area contributed by atoms with Crippen molar-refractivity contribution in [2.24, 2.45) is 5.92 Å². The minimum absolute atomic E-state index is 0.0786. The smallest absolute Gasteiger partial charge is 0.127 e. The standard InChI is InChI=1S/C17H23ClN2O/c1-12-4-7-15-16(10-12)20(17(19-15)13(2)18)8-3-9-21-11-14-5-6-14/h4,7,10,13-14H,3,5-6,8-9,11H2,1-2H3. The second kappa shape index (κ2) is 6.37. The first-order valence-electron chi connectivity index (χ1n) is 7.84. The number of hydrogen-bond acceptors (Lipinski definition) is 2. The van der Waals surface area contributed by atoms with E-state index < -0.39 is 0 Å². The molecule has 1 heterocycles. The fourth-order valence-corrected chi connectivity index (χ4v) is 2.82. The summed E-state index contributed by atoms with van der Waals surface area (Å²) in [6.45, 7) is 6.76. The minimum atomic E-state index is -0.0786. The van der Waals surface area contributed by atoms with Crippen molar-refractivity contribution in [2.75, 3.05) is 13.2 Å². The van der Waals surface area contributed by atoms with Gasteiger partial charge in [0.05, 0.1) is 16.4 Å². The van der Waals surface area contributed by atoms with Crippen LogP contribution in [0.3, 0.4) is 0 Å². The molecule has 0 saturated heterocycles. The summed E-state index contributed by atoms with van der Waals surface area (Å²) in [5.74, 6) is 1.79. The van der Waals surface area contributed by atoms with Crippen molar-refractivity contribution < 1.29 is 4.74 Å². The van der Waals surface area contributed by atoms with Crippen LogP contribution in [-0.2, 0) is 11.3 Å². The molecule has 0 N–H and O–H groups in total. The Hall–Kier alpha value is -1.06. The highest BCUT2D eigenvalue weighted by molar-refractivity contribution is 6.20. The Kier molecular flexibility index (Phi) is 4.51. The summed E-state index contributed by atoms with van der Waals surface area (Å²) < 4.78 is 7.98. The van der Waals surface area contributed by atoms with Crippen LogP contribution in [0, 0.1) is 12.8 Å². The fourth-order valence-electron chi connectivity index (χ4n) is 2.65. The lowest BCUT2D eigenvalue weighted by Crippen LogP contribution is -2.08. The van der Waals surface area contributed by atoms with Crippen molar-refractivity contribution in [3.63, 3.8) is 0 Å². The predicted molar refractivity (Wildman–Crippen MR) is 86.9 cm³/mol. The van der Waals surface area contributed by atoms with Crippen LogP contribution in [0.2, 0.25) is 0 Å². The Morgan fingerprint density at radius 2 is 2.24 bits per heavy atom. The van der Waals surface area contributed by atoms with Gasteiger partial charge in [0.15, 0.2) is 0 Å². The molecule has 1 aliphatic rings. The highest BCUT2D eigenvalue weighted by atomic mass is 35.5. The lowest BCUT2D eigenvalue weighted by atomic mass is 10.2. The first-order valence-corrected chi connectivity index (χ1v) is 8.27. The van der Waals surface area contributed by atoms with Crippen LogP contribution in [0.25, 0.3) is 11.0 Å². The second-order valence-corrected chi connectivity index (χ2v) is 6.76. The quantitative estimate of drug-likeness (QED) is 0.558. The number of ether oxygens (including phenoxy) is 1. The Morgan fingerprint density at radius 1 is 1.43 bits per heavy atom. The number of halogens is 1. The van der Waals surface area contributed by atoms with E-state index in [0.717, 1.165) is 43.4 Å². The van der Waals surface area contributed by atoms with Crippen LogP contribution in [0.1, 0.15) is 43.0 Å². The summed E-state index contributed by atoms with van der Waals surface area (Å²) in [7, 11) is 0. The van der Waals surface area contributed by atoms with Gasteiger partial charge in [-0.25, -0.2) is 4.98 Å². The van der Waals surface area contributed by atoms with E-state index in [1.807, 2.05) is 6.92 Å². The third kappa shape index (κ3) is 3.58. The number of nitrogens with zero attached hydrogens (tertiary/aromatic N) is 2. The number of benzene rings is 1. The molecule has 1 aliphatic carbocycles. The number of aryl methyl sites for hydroxylation is 2. The Bertz CT molecular complexity index is 617. The fraction of sp³-hybridized carbons (Fsp3) is 0.588. The average Bonchev–Trinajstić information content (AvgIpc) is 3.20.